The number of hydrogen-bond acceptors (Lipinski definition) is 3. The van der Waals surface area contributed by atoms with Gasteiger partial charge in [0.15, 0.2) is 0 Å². The monoisotopic (exact) mass is 244 g/mol. The van der Waals surface area contributed by atoms with E-state index < -0.39 is 0 Å². The number of alkyl halides is 1. The summed E-state index contributed by atoms with van der Waals surface area (Å²) in [5, 5.41) is 2.93. The zero-order valence-electron chi connectivity index (χ0n) is 8.55. The molecular weight excluding hydrogens is 232 g/mol. The highest BCUT2D eigenvalue weighted by atomic mass is 35.5. The van der Waals surface area contributed by atoms with Crippen LogP contribution in [0.15, 0.2) is 5.51 Å². The molecule has 1 N–H and O–H groups in total. The molecule has 5 heteroatoms. The molecule has 0 atom stereocenters. The van der Waals surface area contributed by atoms with Crippen LogP contribution in [0.3, 0.4) is 0 Å². The van der Waals surface area contributed by atoms with Crippen molar-refractivity contribution >= 4 is 28.8 Å². The number of carbonyl (C=O) groups excluding carboxylic acids is 1. The van der Waals surface area contributed by atoms with Crippen LogP contribution >= 0.6 is 22.9 Å². The second-order valence-corrected chi connectivity index (χ2v) is 5.21. The Morgan fingerprint density at radius 3 is 2.93 bits per heavy atom. The zero-order chi connectivity index (χ0) is 10.9. The molecule has 0 radical (unpaired) electrons. The Balaban J connectivity index is 1.91. The lowest BCUT2D eigenvalue weighted by Crippen LogP contribution is -2.30. The van der Waals surface area contributed by atoms with E-state index in [1.54, 1.807) is 5.51 Å². The number of hydrogen-bond donors (Lipinski definition) is 1. The first-order valence-corrected chi connectivity index (χ1v) is 6.32. The van der Waals surface area contributed by atoms with E-state index >= 15 is 0 Å². The van der Waals surface area contributed by atoms with Crippen LogP contribution in [0.25, 0.3) is 0 Å². The van der Waals surface area contributed by atoms with Gasteiger partial charge in [-0.2, -0.15) is 0 Å². The minimum atomic E-state index is -0.0219. The van der Waals surface area contributed by atoms with Gasteiger partial charge in [-0.15, -0.1) is 22.9 Å². The average molecular weight is 245 g/mol. The molecule has 1 aliphatic carbocycles. The fourth-order valence-electron chi connectivity index (χ4n) is 1.40. The van der Waals surface area contributed by atoms with Gasteiger partial charge in [0, 0.05) is 17.8 Å². The molecule has 2 rings (SSSR count). The number of halogens is 1. The number of carbonyl (C=O) groups is 1. The molecule has 3 nitrogen and oxygen atoms in total. The summed E-state index contributed by atoms with van der Waals surface area (Å²) >= 11 is 7.21. The van der Waals surface area contributed by atoms with Gasteiger partial charge in [-0.3, -0.25) is 4.79 Å². The van der Waals surface area contributed by atoms with E-state index in [4.69, 9.17) is 11.6 Å². The van der Waals surface area contributed by atoms with Crippen LogP contribution in [0.5, 0.6) is 0 Å². The smallest absolute Gasteiger partial charge is 0.263 e. The van der Waals surface area contributed by atoms with E-state index in [1.807, 2.05) is 6.92 Å². The summed E-state index contributed by atoms with van der Waals surface area (Å²) in [7, 11) is 0. The third kappa shape index (κ3) is 2.32. The normalized spacial score (nSPS) is 17.5. The maximum absolute atomic E-state index is 11.7. The van der Waals surface area contributed by atoms with Crippen LogP contribution in [0.4, 0.5) is 0 Å². The van der Waals surface area contributed by atoms with E-state index in [1.165, 1.54) is 11.3 Å². The molecule has 0 unspecified atom stereocenters. The molecule has 0 aromatic carbocycles. The summed E-state index contributed by atoms with van der Waals surface area (Å²) in [6.07, 6.45) is 2.25. The first kappa shape index (κ1) is 10.9. The minimum absolute atomic E-state index is 0.0219. The summed E-state index contributed by atoms with van der Waals surface area (Å²) in [5.74, 6) is 0.612. The summed E-state index contributed by atoms with van der Waals surface area (Å²) in [4.78, 5) is 16.5. The Kier molecular flexibility index (Phi) is 2.98. The van der Waals surface area contributed by atoms with Crippen molar-refractivity contribution in [3.63, 3.8) is 0 Å². The third-order valence-electron chi connectivity index (χ3n) is 2.82. The van der Waals surface area contributed by atoms with Crippen LogP contribution < -0.4 is 5.32 Å². The second-order valence-electron chi connectivity index (χ2n) is 4.08. The summed E-state index contributed by atoms with van der Waals surface area (Å²) in [6.45, 7) is 2.53. The van der Waals surface area contributed by atoms with Crippen LogP contribution in [-0.4, -0.2) is 23.3 Å². The predicted octanol–water partition coefficient (Wildman–Crippen LogP) is 2.20. The fourth-order valence-corrected chi connectivity index (χ4v) is 2.48. The molecule has 1 aromatic rings. The highest BCUT2D eigenvalue weighted by molar-refractivity contribution is 7.11. The van der Waals surface area contributed by atoms with Gasteiger partial charge >= 0.3 is 0 Å². The molecule has 0 aliphatic heterocycles. The molecule has 0 saturated heterocycles. The van der Waals surface area contributed by atoms with E-state index in [0.717, 1.165) is 18.5 Å². The molecule has 15 heavy (non-hydrogen) atoms. The summed E-state index contributed by atoms with van der Waals surface area (Å²) < 4.78 is 0. The number of nitrogens with one attached hydrogen (secondary N) is 1. The van der Waals surface area contributed by atoms with Crippen molar-refractivity contribution in [1.82, 2.24) is 10.3 Å². The summed E-state index contributed by atoms with van der Waals surface area (Å²) in [6, 6.07) is 0. The summed E-state index contributed by atoms with van der Waals surface area (Å²) in [5.41, 5.74) is 2.67. The van der Waals surface area contributed by atoms with Gasteiger partial charge in [0.1, 0.15) is 4.88 Å². The van der Waals surface area contributed by atoms with E-state index in [0.29, 0.717) is 17.3 Å². The molecule has 1 aromatic heterocycles. The molecule has 1 fully saturated rings. The topological polar surface area (TPSA) is 42.0 Å². The zero-order valence-corrected chi connectivity index (χ0v) is 10.1. The third-order valence-corrected chi connectivity index (χ3v) is 4.31. The molecule has 0 bridgehead atoms. The fraction of sp³-hybridized carbons (Fsp3) is 0.600. The van der Waals surface area contributed by atoms with Crippen molar-refractivity contribution in [2.75, 3.05) is 12.4 Å². The standard InChI is InChI=1S/C10H13ClN2OS/c1-7-8(15-6-13-7)9(14)12-5-10(4-11)2-3-10/h6H,2-5H2,1H3,(H,12,14). The molecular formula is C10H13ClN2OS. The van der Waals surface area contributed by atoms with Gasteiger partial charge < -0.3 is 5.32 Å². The Labute approximate surface area is 97.9 Å². The van der Waals surface area contributed by atoms with Crippen LogP contribution in [0.1, 0.15) is 28.2 Å². The lowest BCUT2D eigenvalue weighted by atomic mass is 10.1. The second kappa shape index (κ2) is 4.10. The molecule has 1 saturated carbocycles. The molecule has 1 amide bonds. The SMILES string of the molecule is Cc1ncsc1C(=O)NCC1(CCl)CC1. The first-order chi connectivity index (χ1) is 7.17. The van der Waals surface area contributed by atoms with Crippen molar-refractivity contribution in [3.8, 4) is 0 Å². The molecule has 1 heterocycles. The number of amides is 1. The highest BCUT2D eigenvalue weighted by Crippen LogP contribution is 2.45. The van der Waals surface area contributed by atoms with Crippen molar-refractivity contribution in [1.29, 1.82) is 0 Å². The lowest BCUT2D eigenvalue weighted by molar-refractivity contribution is 0.0949. The van der Waals surface area contributed by atoms with Gasteiger partial charge in [-0.05, 0) is 19.8 Å². The van der Waals surface area contributed by atoms with Gasteiger partial charge in [0.25, 0.3) is 5.91 Å². The van der Waals surface area contributed by atoms with Gasteiger partial charge in [-0.25, -0.2) is 4.98 Å². The van der Waals surface area contributed by atoms with Crippen LogP contribution in [0, 0.1) is 12.3 Å². The maximum Gasteiger partial charge on any atom is 0.263 e. The van der Waals surface area contributed by atoms with Crippen LogP contribution in [-0.2, 0) is 0 Å². The largest absolute Gasteiger partial charge is 0.351 e. The number of nitrogens with zero attached hydrogens (tertiary/aromatic N) is 1. The van der Waals surface area contributed by atoms with Crippen molar-refractivity contribution in [2.24, 2.45) is 5.41 Å². The maximum atomic E-state index is 11.7. The average Bonchev–Trinajstić information content (AvgIpc) is 2.91. The van der Waals surface area contributed by atoms with Crippen LogP contribution in [0.2, 0.25) is 0 Å². The Hall–Kier alpha value is -0.610. The number of aryl methyl sites for hydroxylation is 1. The number of thiazole rings is 1. The van der Waals surface area contributed by atoms with Gasteiger partial charge in [-0.1, -0.05) is 0 Å². The number of rotatable bonds is 4. The van der Waals surface area contributed by atoms with Crippen molar-refractivity contribution < 1.29 is 4.79 Å². The quantitative estimate of drug-likeness (QED) is 0.826. The van der Waals surface area contributed by atoms with E-state index in [2.05, 4.69) is 10.3 Å². The van der Waals surface area contributed by atoms with Crippen molar-refractivity contribution in [3.05, 3.63) is 16.1 Å². The van der Waals surface area contributed by atoms with Gasteiger partial charge in [0.05, 0.1) is 11.2 Å². The minimum Gasteiger partial charge on any atom is -0.351 e. The van der Waals surface area contributed by atoms with E-state index in [-0.39, 0.29) is 11.3 Å². The number of aromatic nitrogens is 1. The molecule has 1 aliphatic rings. The molecule has 0 spiro atoms. The highest BCUT2D eigenvalue weighted by Gasteiger charge is 2.41. The Morgan fingerprint density at radius 2 is 2.47 bits per heavy atom. The van der Waals surface area contributed by atoms with Gasteiger partial charge in [0.2, 0.25) is 0 Å². The first-order valence-electron chi connectivity index (χ1n) is 4.91. The van der Waals surface area contributed by atoms with E-state index in [9.17, 15) is 4.79 Å². The lowest BCUT2D eigenvalue weighted by Gasteiger charge is -2.11. The predicted molar refractivity (Wildman–Crippen MR) is 61.6 cm³/mol. The molecule has 82 valence electrons. The Bertz CT molecular complexity index is 373. The van der Waals surface area contributed by atoms with Crippen molar-refractivity contribution in [2.45, 2.75) is 19.8 Å². The Morgan fingerprint density at radius 1 is 1.73 bits per heavy atom.